The van der Waals surface area contributed by atoms with Gasteiger partial charge in [-0.15, -0.1) is 35.7 Å². The standard InChI is InChI=1S/C19H23N3O2S.HI/c1-14-3-6-16(7-4-14)25-12-9-21-19(20)22-15-5-8-17-18(13-15)24-11-2-10-23-17;/h3-8,13H,2,9-12H2,1H3,(H3,20,21,22);1H. The molecular weight excluding hydrogens is 461 g/mol. The number of nitrogens with one attached hydrogen (secondary N) is 1. The zero-order valence-corrected chi connectivity index (χ0v) is 17.9. The summed E-state index contributed by atoms with van der Waals surface area (Å²) in [5, 5.41) is 3.10. The predicted molar refractivity (Wildman–Crippen MR) is 119 cm³/mol. The van der Waals surface area contributed by atoms with Gasteiger partial charge in [0.1, 0.15) is 0 Å². The van der Waals surface area contributed by atoms with Crippen LogP contribution in [0, 0.1) is 6.92 Å². The van der Waals surface area contributed by atoms with Crippen molar-refractivity contribution in [1.29, 1.82) is 0 Å². The van der Waals surface area contributed by atoms with Crippen LogP contribution >= 0.6 is 35.7 Å². The summed E-state index contributed by atoms with van der Waals surface area (Å²) < 4.78 is 11.3. The molecule has 26 heavy (non-hydrogen) atoms. The third-order valence-electron chi connectivity index (χ3n) is 3.68. The Morgan fingerprint density at radius 2 is 1.85 bits per heavy atom. The Bertz CT molecular complexity index is 738. The second kappa shape index (κ2) is 10.5. The van der Waals surface area contributed by atoms with E-state index in [1.54, 1.807) is 11.8 Å². The second-order valence-electron chi connectivity index (χ2n) is 5.77. The minimum Gasteiger partial charge on any atom is -0.490 e. The van der Waals surface area contributed by atoms with Crippen molar-refractivity contribution in [2.45, 2.75) is 18.2 Å². The van der Waals surface area contributed by atoms with Crippen molar-refractivity contribution in [3.8, 4) is 11.5 Å². The molecule has 140 valence electrons. The zero-order chi connectivity index (χ0) is 17.5. The number of nitrogens with zero attached hydrogens (tertiary/aromatic N) is 1. The molecule has 3 N–H and O–H groups in total. The molecule has 3 rings (SSSR count). The molecule has 0 atom stereocenters. The van der Waals surface area contributed by atoms with E-state index in [-0.39, 0.29) is 24.0 Å². The van der Waals surface area contributed by atoms with Gasteiger partial charge in [-0.05, 0) is 31.2 Å². The number of thioether (sulfide) groups is 1. The van der Waals surface area contributed by atoms with Gasteiger partial charge in [0.25, 0.3) is 0 Å². The summed E-state index contributed by atoms with van der Waals surface area (Å²) in [4.78, 5) is 5.62. The van der Waals surface area contributed by atoms with Crippen molar-refractivity contribution in [3.63, 3.8) is 0 Å². The number of aryl methyl sites for hydroxylation is 1. The van der Waals surface area contributed by atoms with E-state index >= 15 is 0 Å². The summed E-state index contributed by atoms with van der Waals surface area (Å²) in [6.07, 6.45) is 0.889. The Morgan fingerprint density at radius 1 is 1.12 bits per heavy atom. The van der Waals surface area contributed by atoms with E-state index in [0.29, 0.717) is 25.7 Å². The van der Waals surface area contributed by atoms with Crippen LogP contribution in [0.4, 0.5) is 5.69 Å². The van der Waals surface area contributed by atoms with E-state index in [1.165, 1.54) is 10.5 Å². The Morgan fingerprint density at radius 3 is 2.62 bits per heavy atom. The molecule has 1 aliphatic rings. The third kappa shape index (κ3) is 6.28. The highest BCUT2D eigenvalue weighted by atomic mass is 127. The van der Waals surface area contributed by atoms with Crippen LogP contribution in [0.5, 0.6) is 11.5 Å². The van der Waals surface area contributed by atoms with Gasteiger partial charge < -0.3 is 20.5 Å². The molecule has 1 aliphatic heterocycles. The number of halogens is 1. The number of aliphatic imine (C=N–C) groups is 1. The number of rotatable bonds is 5. The zero-order valence-electron chi connectivity index (χ0n) is 14.7. The highest BCUT2D eigenvalue weighted by Gasteiger charge is 2.10. The normalized spacial score (nSPS) is 13.5. The van der Waals surface area contributed by atoms with Gasteiger partial charge in [0, 0.05) is 28.8 Å². The fraction of sp³-hybridized carbons (Fsp3) is 0.316. The molecule has 0 spiro atoms. The van der Waals surface area contributed by atoms with Crippen molar-refractivity contribution < 1.29 is 9.47 Å². The SMILES string of the molecule is Cc1ccc(SCCN=C(N)Nc2ccc3c(c2)OCCCO3)cc1.I. The average Bonchev–Trinajstić information content (AvgIpc) is 2.85. The number of guanidine groups is 1. The highest BCUT2D eigenvalue weighted by Crippen LogP contribution is 2.32. The predicted octanol–water partition coefficient (Wildman–Crippen LogP) is 4.29. The lowest BCUT2D eigenvalue weighted by Gasteiger charge is -2.10. The van der Waals surface area contributed by atoms with Crippen LogP contribution in [0.15, 0.2) is 52.4 Å². The number of hydrogen-bond donors (Lipinski definition) is 2. The number of anilines is 1. The Hall–Kier alpha value is -1.61. The molecule has 2 aromatic carbocycles. The second-order valence-corrected chi connectivity index (χ2v) is 6.93. The summed E-state index contributed by atoms with van der Waals surface area (Å²) in [7, 11) is 0. The third-order valence-corrected chi connectivity index (χ3v) is 4.68. The van der Waals surface area contributed by atoms with Gasteiger partial charge in [-0.1, -0.05) is 17.7 Å². The smallest absolute Gasteiger partial charge is 0.193 e. The van der Waals surface area contributed by atoms with E-state index in [4.69, 9.17) is 15.2 Å². The first-order valence-corrected chi connectivity index (χ1v) is 9.35. The minimum atomic E-state index is 0. The molecule has 0 amide bonds. The molecule has 0 bridgehead atoms. The van der Waals surface area contributed by atoms with E-state index in [1.807, 2.05) is 18.2 Å². The van der Waals surface area contributed by atoms with Crippen molar-refractivity contribution >= 4 is 47.4 Å². The molecule has 1 heterocycles. The number of hydrogen-bond acceptors (Lipinski definition) is 4. The van der Waals surface area contributed by atoms with Crippen LogP contribution in [0.1, 0.15) is 12.0 Å². The topological polar surface area (TPSA) is 68.9 Å². The van der Waals surface area contributed by atoms with Crippen LogP contribution in [0.25, 0.3) is 0 Å². The van der Waals surface area contributed by atoms with Crippen LogP contribution in [0.3, 0.4) is 0 Å². The molecule has 0 unspecified atom stereocenters. The summed E-state index contributed by atoms with van der Waals surface area (Å²) in [6, 6.07) is 14.2. The van der Waals surface area contributed by atoms with Crippen LogP contribution in [0.2, 0.25) is 0 Å². The molecule has 7 heteroatoms. The molecule has 5 nitrogen and oxygen atoms in total. The van der Waals surface area contributed by atoms with Gasteiger partial charge in [-0.25, -0.2) is 0 Å². The van der Waals surface area contributed by atoms with E-state index in [9.17, 15) is 0 Å². The van der Waals surface area contributed by atoms with E-state index in [2.05, 4.69) is 41.5 Å². The van der Waals surface area contributed by atoms with Gasteiger partial charge in [0.2, 0.25) is 0 Å². The first-order valence-electron chi connectivity index (χ1n) is 8.37. The molecule has 0 fully saturated rings. The summed E-state index contributed by atoms with van der Waals surface area (Å²) in [5.41, 5.74) is 8.08. The van der Waals surface area contributed by atoms with Crippen LogP contribution < -0.4 is 20.5 Å². The average molecular weight is 485 g/mol. The maximum atomic E-state index is 5.97. The molecule has 0 saturated carbocycles. The van der Waals surface area contributed by atoms with Gasteiger partial charge in [0.05, 0.1) is 19.8 Å². The fourth-order valence-corrected chi connectivity index (χ4v) is 3.14. The van der Waals surface area contributed by atoms with Gasteiger partial charge >= 0.3 is 0 Å². The molecule has 0 saturated heterocycles. The van der Waals surface area contributed by atoms with Gasteiger partial charge in [-0.2, -0.15) is 0 Å². The van der Waals surface area contributed by atoms with Gasteiger partial charge in [0.15, 0.2) is 17.5 Å². The Labute approximate surface area is 175 Å². The summed E-state index contributed by atoms with van der Waals surface area (Å²) in [6.45, 7) is 4.09. The Kier molecular flexibility index (Phi) is 8.37. The maximum absolute atomic E-state index is 5.97. The van der Waals surface area contributed by atoms with Crippen molar-refractivity contribution in [1.82, 2.24) is 0 Å². The number of fused-ring (bicyclic) bond motifs is 1. The minimum absolute atomic E-state index is 0. The molecule has 0 radical (unpaired) electrons. The first-order chi connectivity index (χ1) is 12.2. The monoisotopic (exact) mass is 485 g/mol. The molecule has 0 aliphatic carbocycles. The van der Waals surface area contributed by atoms with Gasteiger partial charge in [-0.3, -0.25) is 4.99 Å². The van der Waals surface area contributed by atoms with Crippen molar-refractivity contribution in [2.24, 2.45) is 10.7 Å². The quantitative estimate of drug-likeness (QED) is 0.218. The summed E-state index contributed by atoms with van der Waals surface area (Å²) >= 11 is 1.77. The molecule has 0 aromatic heterocycles. The van der Waals surface area contributed by atoms with E-state index < -0.39 is 0 Å². The lowest BCUT2D eigenvalue weighted by atomic mass is 10.2. The number of ether oxygens (including phenoxy) is 2. The number of benzene rings is 2. The summed E-state index contributed by atoms with van der Waals surface area (Å²) in [5.74, 6) is 2.80. The lowest BCUT2D eigenvalue weighted by molar-refractivity contribution is 0.297. The molecular formula is C19H24IN3O2S. The number of nitrogens with two attached hydrogens (primary N) is 1. The molecule has 2 aromatic rings. The van der Waals surface area contributed by atoms with Crippen molar-refractivity contribution in [3.05, 3.63) is 48.0 Å². The Balaban J connectivity index is 0.00000243. The lowest BCUT2D eigenvalue weighted by Crippen LogP contribution is -2.23. The highest BCUT2D eigenvalue weighted by molar-refractivity contribution is 14.0. The largest absolute Gasteiger partial charge is 0.490 e. The van der Waals surface area contributed by atoms with Crippen LogP contribution in [-0.2, 0) is 0 Å². The first kappa shape index (κ1) is 20.7. The van der Waals surface area contributed by atoms with Crippen LogP contribution in [-0.4, -0.2) is 31.5 Å². The fourth-order valence-electron chi connectivity index (χ4n) is 2.39. The maximum Gasteiger partial charge on any atom is 0.193 e. The van der Waals surface area contributed by atoms with Crippen molar-refractivity contribution in [2.75, 3.05) is 30.8 Å². The van der Waals surface area contributed by atoms with E-state index in [0.717, 1.165) is 29.4 Å².